The van der Waals surface area contributed by atoms with Crippen LogP contribution in [0.5, 0.6) is 0 Å². The van der Waals surface area contributed by atoms with E-state index in [-0.39, 0.29) is 17.9 Å². The fourth-order valence-corrected chi connectivity index (χ4v) is 1.00. The summed E-state index contributed by atoms with van der Waals surface area (Å²) in [5.41, 5.74) is -0.796. The van der Waals surface area contributed by atoms with Gasteiger partial charge in [0.2, 0.25) is 11.8 Å². The van der Waals surface area contributed by atoms with Gasteiger partial charge >= 0.3 is 0 Å². The number of hydrogen-bond donors (Lipinski definition) is 2. The fourth-order valence-electron chi connectivity index (χ4n) is 1.00. The average Bonchev–Trinajstić information content (AvgIpc) is 2.10. The normalized spacial score (nSPS) is 14.1. The SMILES string of the molecule is C[C@@H](CNC(=O)C(C)(C)C)NC(=O)C(C)(C)C. The molecule has 0 aliphatic heterocycles. The zero-order valence-electron chi connectivity index (χ0n) is 12.1. The highest BCUT2D eigenvalue weighted by Crippen LogP contribution is 2.13. The molecule has 1 atom stereocenters. The van der Waals surface area contributed by atoms with E-state index >= 15 is 0 Å². The highest BCUT2D eigenvalue weighted by atomic mass is 16.2. The van der Waals surface area contributed by atoms with Gasteiger partial charge in [-0.3, -0.25) is 9.59 Å². The van der Waals surface area contributed by atoms with E-state index < -0.39 is 10.8 Å². The highest BCUT2D eigenvalue weighted by molar-refractivity contribution is 5.82. The van der Waals surface area contributed by atoms with Gasteiger partial charge in [-0.1, -0.05) is 41.5 Å². The molecule has 0 fully saturated rings. The Morgan fingerprint density at radius 1 is 0.941 bits per heavy atom. The molecule has 0 saturated carbocycles. The predicted octanol–water partition coefficient (Wildman–Crippen LogP) is 1.70. The van der Waals surface area contributed by atoms with Crippen LogP contribution in [-0.4, -0.2) is 24.4 Å². The van der Waals surface area contributed by atoms with Crippen LogP contribution in [0.4, 0.5) is 0 Å². The van der Waals surface area contributed by atoms with Gasteiger partial charge in [-0.15, -0.1) is 0 Å². The molecule has 4 heteroatoms. The molecule has 2 amide bonds. The third-order valence-corrected chi connectivity index (χ3v) is 2.31. The maximum absolute atomic E-state index is 11.7. The van der Waals surface area contributed by atoms with Gasteiger partial charge in [0, 0.05) is 23.4 Å². The first-order valence-corrected chi connectivity index (χ1v) is 6.04. The molecule has 0 aliphatic carbocycles. The Bertz CT molecular complexity index is 285. The van der Waals surface area contributed by atoms with Crippen LogP contribution in [0.3, 0.4) is 0 Å². The molecular weight excluding hydrogens is 216 g/mol. The van der Waals surface area contributed by atoms with Crippen molar-refractivity contribution >= 4 is 11.8 Å². The molecule has 0 unspecified atom stereocenters. The number of nitrogens with one attached hydrogen (secondary N) is 2. The lowest BCUT2D eigenvalue weighted by Crippen LogP contribution is -2.47. The zero-order valence-corrected chi connectivity index (χ0v) is 12.1. The lowest BCUT2D eigenvalue weighted by atomic mass is 9.95. The van der Waals surface area contributed by atoms with Crippen molar-refractivity contribution in [3.05, 3.63) is 0 Å². The highest BCUT2D eigenvalue weighted by Gasteiger charge is 2.24. The monoisotopic (exact) mass is 242 g/mol. The summed E-state index contributed by atoms with van der Waals surface area (Å²) in [5, 5.41) is 5.70. The third kappa shape index (κ3) is 6.29. The lowest BCUT2D eigenvalue weighted by molar-refractivity contribution is -0.130. The molecule has 17 heavy (non-hydrogen) atoms. The summed E-state index contributed by atoms with van der Waals surface area (Å²) in [4.78, 5) is 23.3. The van der Waals surface area contributed by atoms with E-state index in [9.17, 15) is 9.59 Å². The standard InChI is InChI=1S/C13H26N2O2/c1-9(15-11(17)13(5,6)7)8-14-10(16)12(2,3)4/h9H,8H2,1-7H3,(H,14,16)(H,15,17)/t9-/m0/s1. The van der Waals surface area contributed by atoms with Crippen molar-refractivity contribution in [1.82, 2.24) is 10.6 Å². The predicted molar refractivity (Wildman–Crippen MR) is 69.5 cm³/mol. The van der Waals surface area contributed by atoms with Crippen molar-refractivity contribution in [3.8, 4) is 0 Å². The van der Waals surface area contributed by atoms with Crippen molar-refractivity contribution in [2.45, 2.75) is 54.5 Å². The minimum Gasteiger partial charge on any atom is -0.354 e. The second-order valence-corrected chi connectivity index (χ2v) is 6.58. The summed E-state index contributed by atoms with van der Waals surface area (Å²) < 4.78 is 0. The van der Waals surface area contributed by atoms with Gasteiger partial charge in [0.1, 0.15) is 0 Å². The van der Waals surface area contributed by atoms with Crippen LogP contribution < -0.4 is 10.6 Å². The molecule has 0 aromatic heterocycles. The first-order chi connectivity index (χ1) is 7.44. The van der Waals surface area contributed by atoms with Gasteiger partial charge < -0.3 is 10.6 Å². The van der Waals surface area contributed by atoms with Gasteiger partial charge in [-0.05, 0) is 6.92 Å². The maximum atomic E-state index is 11.7. The number of carbonyl (C=O) groups excluding carboxylic acids is 2. The molecule has 0 rings (SSSR count). The fraction of sp³-hybridized carbons (Fsp3) is 0.846. The summed E-state index contributed by atoms with van der Waals surface area (Å²) in [6.45, 7) is 13.5. The largest absolute Gasteiger partial charge is 0.354 e. The van der Waals surface area contributed by atoms with Gasteiger partial charge in [0.25, 0.3) is 0 Å². The molecule has 0 radical (unpaired) electrons. The van der Waals surface area contributed by atoms with E-state index in [0.29, 0.717) is 6.54 Å². The Labute approximate surface area is 105 Å². The Kier molecular flexibility index (Phi) is 5.17. The Balaban J connectivity index is 4.10. The van der Waals surface area contributed by atoms with E-state index in [1.807, 2.05) is 48.5 Å². The van der Waals surface area contributed by atoms with Crippen LogP contribution in [0, 0.1) is 10.8 Å². The van der Waals surface area contributed by atoms with Gasteiger partial charge in [0.15, 0.2) is 0 Å². The minimum absolute atomic E-state index is 0.00462. The summed E-state index contributed by atoms with van der Waals surface area (Å²) in [6, 6.07) is -0.0620. The molecule has 0 aliphatic rings. The number of carbonyl (C=O) groups is 2. The van der Waals surface area contributed by atoms with Crippen molar-refractivity contribution in [1.29, 1.82) is 0 Å². The summed E-state index contributed by atoms with van der Waals surface area (Å²) in [5.74, 6) is -0.00985. The average molecular weight is 242 g/mol. The molecule has 2 N–H and O–H groups in total. The van der Waals surface area contributed by atoms with E-state index in [1.54, 1.807) is 0 Å². The van der Waals surface area contributed by atoms with Crippen LogP contribution in [0.1, 0.15) is 48.5 Å². The number of amides is 2. The van der Waals surface area contributed by atoms with Gasteiger partial charge in [0.05, 0.1) is 0 Å². The van der Waals surface area contributed by atoms with E-state index in [2.05, 4.69) is 10.6 Å². The second-order valence-electron chi connectivity index (χ2n) is 6.58. The van der Waals surface area contributed by atoms with Crippen molar-refractivity contribution in [3.63, 3.8) is 0 Å². The molecule has 0 heterocycles. The molecule has 100 valence electrons. The molecule has 0 aromatic rings. The van der Waals surface area contributed by atoms with Crippen LogP contribution >= 0.6 is 0 Å². The minimum atomic E-state index is -0.400. The molecule has 0 spiro atoms. The third-order valence-electron chi connectivity index (χ3n) is 2.31. The summed E-state index contributed by atoms with van der Waals surface area (Å²) in [6.07, 6.45) is 0. The van der Waals surface area contributed by atoms with Gasteiger partial charge in [-0.25, -0.2) is 0 Å². The van der Waals surface area contributed by atoms with Crippen LogP contribution in [0.25, 0.3) is 0 Å². The van der Waals surface area contributed by atoms with Crippen LogP contribution in [0.15, 0.2) is 0 Å². The smallest absolute Gasteiger partial charge is 0.225 e. The maximum Gasteiger partial charge on any atom is 0.225 e. The van der Waals surface area contributed by atoms with Crippen LogP contribution in [0.2, 0.25) is 0 Å². The first-order valence-electron chi connectivity index (χ1n) is 6.04. The molecule has 0 bridgehead atoms. The molecule has 4 nitrogen and oxygen atoms in total. The molecular formula is C13H26N2O2. The lowest BCUT2D eigenvalue weighted by Gasteiger charge is -2.24. The van der Waals surface area contributed by atoms with Crippen LogP contribution in [-0.2, 0) is 9.59 Å². The number of hydrogen-bond acceptors (Lipinski definition) is 2. The Morgan fingerprint density at radius 3 is 1.71 bits per heavy atom. The van der Waals surface area contributed by atoms with E-state index in [0.717, 1.165) is 0 Å². The van der Waals surface area contributed by atoms with Crippen molar-refractivity contribution < 1.29 is 9.59 Å². The van der Waals surface area contributed by atoms with Crippen molar-refractivity contribution in [2.75, 3.05) is 6.54 Å². The van der Waals surface area contributed by atoms with E-state index in [4.69, 9.17) is 0 Å². The Morgan fingerprint density at radius 2 is 1.35 bits per heavy atom. The zero-order chi connectivity index (χ0) is 13.9. The topological polar surface area (TPSA) is 58.2 Å². The van der Waals surface area contributed by atoms with Crippen molar-refractivity contribution in [2.24, 2.45) is 10.8 Å². The summed E-state index contributed by atoms with van der Waals surface area (Å²) in [7, 11) is 0. The molecule has 0 aromatic carbocycles. The quantitative estimate of drug-likeness (QED) is 0.791. The number of rotatable bonds is 3. The summed E-state index contributed by atoms with van der Waals surface area (Å²) >= 11 is 0. The first kappa shape index (κ1) is 15.9. The molecule has 0 saturated heterocycles. The second kappa shape index (κ2) is 5.52. The van der Waals surface area contributed by atoms with Gasteiger partial charge in [-0.2, -0.15) is 0 Å². The Hall–Kier alpha value is -1.06. The van der Waals surface area contributed by atoms with E-state index in [1.165, 1.54) is 0 Å².